The fourth-order valence-electron chi connectivity index (χ4n) is 6.03. The standard InChI is InChI=1S/C33H42N4O3S/c1-5-10-27(23-13-15-26(16-14-23)40-25-11-8-7-9-12-25)30(32(34)39)33-35-20-17-28(41-4)31(36(33)3)24-18-21-37(22-19-24)29(38)6-2/h6-16,24,28,31,35H,2,5,17-22H2,1,3-4H3,(H2,34,39)/b27-10+,33-30+/t28?,31-/m1/s1. The third-order valence-corrected chi connectivity index (χ3v) is 9.14. The zero-order chi connectivity index (χ0) is 29.4. The van der Waals surface area contributed by atoms with Crippen molar-refractivity contribution in [2.75, 3.05) is 32.9 Å². The minimum absolute atomic E-state index is 0.00751. The lowest BCUT2D eigenvalue weighted by Crippen LogP contribution is -2.49. The van der Waals surface area contributed by atoms with Gasteiger partial charge in [-0.1, -0.05) is 49.9 Å². The molecule has 2 fully saturated rings. The average molecular weight is 575 g/mol. The van der Waals surface area contributed by atoms with Crippen molar-refractivity contribution in [3.05, 3.63) is 90.3 Å². The molecule has 2 aliphatic rings. The van der Waals surface area contributed by atoms with E-state index in [1.165, 1.54) is 6.08 Å². The van der Waals surface area contributed by atoms with Crippen LogP contribution in [-0.2, 0) is 9.59 Å². The van der Waals surface area contributed by atoms with Crippen LogP contribution < -0.4 is 15.8 Å². The molecule has 0 aliphatic carbocycles. The first-order valence-electron chi connectivity index (χ1n) is 14.4. The number of nitrogens with zero attached hydrogens (tertiary/aromatic N) is 2. The lowest BCUT2D eigenvalue weighted by molar-refractivity contribution is -0.127. The first-order chi connectivity index (χ1) is 19.9. The van der Waals surface area contributed by atoms with Gasteiger partial charge >= 0.3 is 0 Å². The van der Waals surface area contributed by atoms with Crippen molar-refractivity contribution in [1.82, 2.24) is 15.1 Å². The maximum absolute atomic E-state index is 13.2. The van der Waals surface area contributed by atoms with Gasteiger partial charge in [-0.2, -0.15) is 11.8 Å². The molecule has 8 heteroatoms. The third-order valence-electron chi connectivity index (χ3n) is 8.02. The molecule has 218 valence electrons. The predicted molar refractivity (Wildman–Crippen MR) is 168 cm³/mol. The summed E-state index contributed by atoms with van der Waals surface area (Å²) < 4.78 is 5.99. The van der Waals surface area contributed by atoms with Crippen LogP contribution in [-0.4, -0.2) is 65.8 Å². The molecule has 2 aromatic carbocycles. The molecule has 7 nitrogen and oxygen atoms in total. The molecular weight excluding hydrogens is 532 g/mol. The molecule has 2 aliphatic heterocycles. The molecule has 2 atom stereocenters. The Morgan fingerprint density at radius 1 is 1.07 bits per heavy atom. The summed E-state index contributed by atoms with van der Waals surface area (Å²) in [5.74, 6) is 2.17. The number of carbonyl (C=O) groups is 2. The normalized spacial score (nSPS) is 21.5. The maximum atomic E-state index is 13.2. The summed E-state index contributed by atoms with van der Waals surface area (Å²) in [5.41, 5.74) is 8.37. The summed E-state index contributed by atoms with van der Waals surface area (Å²) in [6.07, 6.45) is 9.16. The Morgan fingerprint density at radius 3 is 2.32 bits per heavy atom. The number of hydrogen-bond donors (Lipinski definition) is 2. The van der Waals surface area contributed by atoms with Crippen molar-refractivity contribution in [2.24, 2.45) is 11.7 Å². The topological polar surface area (TPSA) is 87.9 Å². The second-order valence-corrected chi connectivity index (χ2v) is 11.6. The first kappa shape index (κ1) is 30.3. The molecule has 0 radical (unpaired) electrons. The Morgan fingerprint density at radius 2 is 1.73 bits per heavy atom. The number of para-hydroxylation sites is 1. The molecule has 2 amide bonds. The van der Waals surface area contributed by atoms with Crippen LogP contribution in [0.5, 0.6) is 11.5 Å². The Labute approximate surface area is 248 Å². The molecule has 0 spiro atoms. The summed E-state index contributed by atoms with van der Waals surface area (Å²) in [4.78, 5) is 29.5. The number of likely N-dealkylation sites (tertiary alicyclic amines) is 1. The van der Waals surface area contributed by atoms with E-state index in [2.05, 4.69) is 43.1 Å². The van der Waals surface area contributed by atoms with Crippen molar-refractivity contribution < 1.29 is 14.3 Å². The van der Waals surface area contributed by atoms with E-state index in [1.807, 2.05) is 71.3 Å². The van der Waals surface area contributed by atoms with Crippen molar-refractivity contribution in [3.8, 4) is 11.5 Å². The zero-order valence-corrected chi connectivity index (χ0v) is 25.2. The maximum Gasteiger partial charge on any atom is 0.252 e. The number of benzene rings is 2. The highest BCUT2D eigenvalue weighted by Gasteiger charge is 2.39. The molecule has 3 N–H and O–H groups in total. The third kappa shape index (κ3) is 7.17. The quantitative estimate of drug-likeness (QED) is 0.389. The van der Waals surface area contributed by atoms with Crippen LogP contribution in [0.4, 0.5) is 0 Å². The largest absolute Gasteiger partial charge is 0.457 e. The summed E-state index contributed by atoms with van der Waals surface area (Å²) in [6.45, 7) is 7.89. The van der Waals surface area contributed by atoms with Crippen molar-refractivity contribution in [1.29, 1.82) is 0 Å². The molecule has 41 heavy (non-hydrogen) atoms. The van der Waals surface area contributed by atoms with Crippen LogP contribution in [0, 0.1) is 5.92 Å². The Balaban J connectivity index is 1.67. The van der Waals surface area contributed by atoms with Gasteiger partial charge in [-0.05, 0) is 79.3 Å². The first-order valence-corrected chi connectivity index (χ1v) is 15.7. The zero-order valence-electron chi connectivity index (χ0n) is 24.3. The number of nitrogens with two attached hydrogens (primary N) is 1. The number of rotatable bonds is 9. The summed E-state index contributed by atoms with van der Waals surface area (Å²) in [6, 6.07) is 17.6. The van der Waals surface area contributed by atoms with Crippen molar-refractivity contribution in [3.63, 3.8) is 0 Å². The molecule has 2 aromatic rings. The van der Waals surface area contributed by atoms with E-state index in [4.69, 9.17) is 10.5 Å². The summed E-state index contributed by atoms with van der Waals surface area (Å²) in [7, 11) is 2.08. The minimum Gasteiger partial charge on any atom is -0.457 e. The highest BCUT2D eigenvalue weighted by Crippen LogP contribution is 2.37. The smallest absolute Gasteiger partial charge is 0.252 e. The molecule has 0 bridgehead atoms. The highest BCUT2D eigenvalue weighted by molar-refractivity contribution is 7.99. The van der Waals surface area contributed by atoms with Crippen LogP contribution >= 0.6 is 11.8 Å². The number of carbonyl (C=O) groups excluding carboxylic acids is 2. The average Bonchev–Trinajstić information content (AvgIpc) is 3.15. The fourth-order valence-corrected chi connectivity index (χ4v) is 7.07. The highest BCUT2D eigenvalue weighted by atomic mass is 32.2. The van der Waals surface area contributed by atoms with Gasteiger partial charge in [0.05, 0.1) is 5.57 Å². The van der Waals surface area contributed by atoms with Gasteiger partial charge in [0, 0.05) is 38.0 Å². The van der Waals surface area contributed by atoms with E-state index in [9.17, 15) is 9.59 Å². The second-order valence-electron chi connectivity index (χ2n) is 10.5. The Kier molecular flexibility index (Phi) is 10.6. The van der Waals surface area contributed by atoms with Gasteiger partial charge in [-0.25, -0.2) is 0 Å². The minimum atomic E-state index is -0.462. The van der Waals surface area contributed by atoms with Gasteiger partial charge in [-0.15, -0.1) is 0 Å². The lowest BCUT2D eigenvalue weighted by atomic mass is 9.85. The number of piperidine rings is 1. The van der Waals surface area contributed by atoms with Gasteiger partial charge < -0.3 is 25.6 Å². The number of allylic oxidation sites excluding steroid dienone is 1. The van der Waals surface area contributed by atoms with Crippen LogP contribution in [0.15, 0.2) is 84.7 Å². The number of primary amides is 1. The van der Waals surface area contributed by atoms with Crippen LogP contribution in [0.3, 0.4) is 0 Å². The van der Waals surface area contributed by atoms with Gasteiger partial charge in [0.25, 0.3) is 5.91 Å². The summed E-state index contributed by atoms with van der Waals surface area (Å²) >= 11 is 1.87. The van der Waals surface area contributed by atoms with E-state index in [-0.39, 0.29) is 11.9 Å². The van der Waals surface area contributed by atoms with Crippen molar-refractivity contribution >= 4 is 29.1 Å². The SMILES string of the molecule is C=CC(=O)N1CCC([C@@H]2C(SC)CCN/C(=C(C(N)=O)/C(=C/CC)c3ccc(Oc4ccccc4)cc3)N2C)CC1. The lowest BCUT2D eigenvalue weighted by Gasteiger charge is -2.43. The van der Waals surface area contributed by atoms with E-state index in [0.717, 1.165) is 60.7 Å². The van der Waals surface area contributed by atoms with Crippen LogP contribution in [0.2, 0.25) is 0 Å². The Hall–Kier alpha value is -3.65. The monoisotopic (exact) mass is 574 g/mol. The summed E-state index contributed by atoms with van der Waals surface area (Å²) in [5, 5.41) is 3.96. The van der Waals surface area contributed by atoms with Gasteiger partial charge in [0.1, 0.15) is 17.3 Å². The van der Waals surface area contributed by atoms with E-state index in [1.54, 1.807) is 0 Å². The van der Waals surface area contributed by atoms with E-state index >= 15 is 0 Å². The number of hydrogen-bond acceptors (Lipinski definition) is 6. The molecule has 0 saturated carbocycles. The second kappa shape index (κ2) is 14.3. The molecule has 2 saturated heterocycles. The number of ether oxygens (including phenoxy) is 1. The molecule has 2 heterocycles. The van der Waals surface area contributed by atoms with E-state index < -0.39 is 5.91 Å². The van der Waals surface area contributed by atoms with Gasteiger partial charge in [0.2, 0.25) is 5.91 Å². The van der Waals surface area contributed by atoms with Crippen molar-refractivity contribution in [2.45, 2.75) is 43.9 Å². The molecule has 1 unspecified atom stereocenters. The predicted octanol–water partition coefficient (Wildman–Crippen LogP) is 5.42. The molecule has 0 aromatic heterocycles. The van der Waals surface area contributed by atoms with E-state index in [0.29, 0.717) is 29.8 Å². The number of thioether (sulfide) groups is 1. The van der Waals surface area contributed by atoms with Gasteiger partial charge in [0.15, 0.2) is 0 Å². The van der Waals surface area contributed by atoms with Gasteiger partial charge in [-0.3, -0.25) is 9.59 Å². The van der Waals surface area contributed by atoms with Crippen LogP contribution in [0.25, 0.3) is 5.57 Å². The Bertz CT molecular complexity index is 1270. The fraction of sp³-hybridized carbons (Fsp3) is 0.394. The number of nitrogens with one attached hydrogen (secondary N) is 1. The van der Waals surface area contributed by atoms with Crippen LogP contribution in [0.1, 0.15) is 38.2 Å². The number of amides is 2. The molecular formula is C33H42N4O3S. The molecule has 4 rings (SSSR count).